The number of hydrogen-bond donors (Lipinski definition) is 1. The van der Waals surface area contributed by atoms with Crippen LogP contribution in [-0.4, -0.2) is 20.9 Å². The fourth-order valence-electron chi connectivity index (χ4n) is 2.96. The number of carbonyl (C=O) groups is 1. The number of anilines is 1. The van der Waals surface area contributed by atoms with Crippen molar-refractivity contribution in [3.05, 3.63) is 63.9 Å². The van der Waals surface area contributed by atoms with E-state index in [2.05, 4.69) is 35.5 Å². The highest BCUT2D eigenvalue weighted by Gasteiger charge is 2.09. The van der Waals surface area contributed by atoms with Crippen LogP contribution in [0.2, 0.25) is 0 Å². The van der Waals surface area contributed by atoms with Crippen LogP contribution in [0.4, 0.5) is 5.69 Å². The van der Waals surface area contributed by atoms with E-state index >= 15 is 0 Å². The van der Waals surface area contributed by atoms with Gasteiger partial charge in [0.15, 0.2) is 0 Å². The Kier molecular flexibility index (Phi) is 5.64. The maximum Gasteiger partial charge on any atom is 0.277 e. The van der Waals surface area contributed by atoms with Gasteiger partial charge in [0.2, 0.25) is 5.91 Å². The summed E-state index contributed by atoms with van der Waals surface area (Å²) in [4.78, 5) is 24.6. The van der Waals surface area contributed by atoms with Crippen LogP contribution in [0.1, 0.15) is 43.7 Å². The second-order valence-corrected chi connectivity index (χ2v) is 7.02. The fourth-order valence-corrected chi connectivity index (χ4v) is 2.96. The summed E-state index contributed by atoms with van der Waals surface area (Å²) in [5.74, 6) is 0.382. The molecule has 6 heteroatoms. The molecule has 27 heavy (non-hydrogen) atoms. The molecule has 3 rings (SSSR count). The molecule has 0 saturated carbocycles. The summed E-state index contributed by atoms with van der Waals surface area (Å²) >= 11 is 0. The third kappa shape index (κ3) is 4.39. The predicted molar refractivity (Wildman–Crippen MR) is 107 cm³/mol. The third-order valence-corrected chi connectivity index (χ3v) is 4.59. The van der Waals surface area contributed by atoms with Crippen LogP contribution < -0.4 is 10.9 Å². The summed E-state index contributed by atoms with van der Waals surface area (Å²) < 4.78 is 1.32. The topological polar surface area (TPSA) is 76.9 Å². The zero-order valence-corrected chi connectivity index (χ0v) is 15.9. The molecule has 0 aliphatic carbocycles. The molecule has 1 heterocycles. The van der Waals surface area contributed by atoms with Crippen molar-refractivity contribution in [2.45, 2.75) is 46.1 Å². The van der Waals surface area contributed by atoms with E-state index in [4.69, 9.17) is 0 Å². The molecule has 0 bridgehead atoms. The Balaban J connectivity index is 1.59. The number of nitrogens with one attached hydrogen (secondary N) is 1. The number of aromatic nitrogens is 3. The molecular weight excluding hydrogens is 340 g/mol. The maximum absolute atomic E-state index is 12.4. The van der Waals surface area contributed by atoms with E-state index < -0.39 is 0 Å². The average Bonchev–Trinajstić information content (AvgIpc) is 2.65. The smallest absolute Gasteiger partial charge is 0.277 e. The molecule has 1 N–H and O–H groups in total. The van der Waals surface area contributed by atoms with Crippen LogP contribution >= 0.6 is 0 Å². The lowest BCUT2D eigenvalue weighted by atomic mass is 10.0. The number of benzene rings is 2. The van der Waals surface area contributed by atoms with E-state index in [1.165, 1.54) is 10.2 Å². The molecule has 0 aliphatic heterocycles. The van der Waals surface area contributed by atoms with Crippen LogP contribution in [0.5, 0.6) is 0 Å². The van der Waals surface area contributed by atoms with E-state index in [1.54, 1.807) is 18.2 Å². The van der Waals surface area contributed by atoms with Crippen molar-refractivity contribution in [2.75, 3.05) is 5.32 Å². The molecule has 1 amide bonds. The Bertz CT molecular complexity index is 1020. The molecular formula is C21H24N4O2. The van der Waals surface area contributed by atoms with Crippen LogP contribution in [0.15, 0.2) is 47.3 Å². The predicted octanol–water partition coefficient (Wildman–Crippen LogP) is 3.64. The highest BCUT2D eigenvalue weighted by atomic mass is 16.1. The summed E-state index contributed by atoms with van der Waals surface area (Å²) in [7, 11) is 0. The SMILES string of the molecule is Cc1cc(C(C)C)ccc1NC(=O)CCCn1nnc2ccccc2c1=O. The fraction of sp³-hybridized carbons (Fsp3) is 0.333. The van der Waals surface area contributed by atoms with Gasteiger partial charge in [0.1, 0.15) is 5.52 Å². The molecule has 6 nitrogen and oxygen atoms in total. The van der Waals surface area contributed by atoms with Crippen molar-refractivity contribution in [2.24, 2.45) is 0 Å². The molecule has 0 spiro atoms. The van der Waals surface area contributed by atoms with Gasteiger partial charge in [-0.1, -0.05) is 43.3 Å². The summed E-state index contributed by atoms with van der Waals surface area (Å²) in [6.07, 6.45) is 0.828. The molecule has 3 aromatic rings. The second-order valence-electron chi connectivity index (χ2n) is 7.02. The lowest BCUT2D eigenvalue weighted by molar-refractivity contribution is -0.116. The third-order valence-electron chi connectivity index (χ3n) is 4.59. The molecule has 0 fully saturated rings. The molecule has 0 aliphatic rings. The van der Waals surface area contributed by atoms with Crippen LogP contribution in [0.3, 0.4) is 0 Å². The van der Waals surface area contributed by atoms with Gasteiger partial charge in [-0.3, -0.25) is 9.59 Å². The number of fused-ring (bicyclic) bond motifs is 1. The van der Waals surface area contributed by atoms with Crippen molar-refractivity contribution >= 4 is 22.5 Å². The first-order chi connectivity index (χ1) is 13.0. The van der Waals surface area contributed by atoms with Gasteiger partial charge in [-0.15, -0.1) is 5.10 Å². The number of carbonyl (C=O) groups excluding carboxylic acids is 1. The van der Waals surface area contributed by atoms with Gasteiger partial charge in [-0.25, -0.2) is 4.68 Å². The van der Waals surface area contributed by atoms with Gasteiger partial charge in [0.25, 0.3) is 5.56 Å². The summed E-state index contributed by atoms with van der Waals surface area (Å²) in [6.45, 7) is 6.64. The van der Waals surface area contributed by atoms with Gasteiger partial charge in [-0.2, -0.15) is 0 Å². The number of aryl methyl sites for hydroxylation is 2. The lowest BCUT2D eigenvalue weighted by Gasteiger charge is -2.12. The lowest BCUT2D eigenvalue weighted by Crippen LogP contribution is -2.25. The van der Waals surface area contributed by atoms with Crippen molar-refractivity contribution in [1.29, 1.82) is 0 Å². The van der Waals surface area contributed by atoms with E-state index in [1.807, 2.05) is 25.1 Å². The highest BCUT2D eigenvalue weighted by molar-refractivity contribution is 5.91. The van der Waals surface area contributed by atoms with Crippen molar-refractivity contribution in [3.8, 4) is 0 Å². The second kappa shape index (κ2) is 8.12. The molecule has 0 unspecified atom stereocenters. The standard InChI is InChI=1S/C21H24N4O2/c1-14(2)16-10-11-18(15(3)13-16)22-20(26)9-6-12-25-21(27)17-7-4-5-8-19(17)23-24-25/h4-5,7-8,10-11,13-14H,6,9,12H2,1-3H3,(H,22,26). The summed E-state index contributed by atoms with van der Waals surface area (Å²) in [5.41, 5.74) is 3.52. The van der Waals surface area contributed by atoms with E-state index in [0.717, 1.165) is 11.3 Å². The van der Waals surface area contributed by atoms with Gasteiger partial charge in [0.05, 0.1) is 5.39 Å². The number of amides is 1. The first kappa shape index (κ1) is 18.8. The largest absolute Gasteiger partial charge is 0.326 e. The normalized spacial score (nSPS) is 11.1. The molecule has 0 saturated heterocycles. The Morgan fingerprint density at radius 3 is 2.70 bits per heavy atom. The minimum absolute atomic E-state index is 0.0720. The Morgan fingerprint density at radius 1 is 1.19 bits per heavy atom. The first-order valence-corrected chi connectivity index (χ1v) is 9.18. The van der Waals surface area contributed by atoms with Gasteiger partial charge < -0.3 is 5.32 Å². The summed E-state index contributed by atoms with van der Waals surface area (Å²) in [6, 6.07) is 13.2. The van der Waals surface area contributed by atoms with Crippen LogP contribution in [-0.2, 0) is 11.3 Å². The quantitative estimate of drug-likeness (QED) is 0.724. The summed E-state index contributed by atoms with van der Waals surface area (Å²) in [5, 5.41) is 11.5. The monoisotopic (exact) mass is 364 g/mol. The Hall–Kier alpha value is -3.02. The maximum atomic E-state index is 12.4. The number of hydrogen-bond acceptors (Lipinski definition) is 4. The van der Waals surface area contributed by atoms with Gasteiger partial charge in [-0.05, 0) is 48.6 Å². The minimum atomic E-state index is -0.180. The van der Waals surface area contributed by atoms with Crippen molar-refractivity contribution < 1.29 is 4.79 Å². The first-order valence-electron chi connectivity index (χ1n) is 9.18. The van der Waals surface area contributed by atoms with E-state index in [-0.39, 0.29) is 11.5 Å². The molecule has 140 valence electrons. The Morgan fingerprint density at radius 2 is 1.96 bits per heavy atom. The van der Waals surface area contributed by atoms with Crippen LogP contribution in [0.25, 0.3) is 10.9 Å². The highest BCUT2D eigenvalue weighted by Crippen LogP contribution is 2.22. The Labute approximate surface area is 158 Å². The average molecular weight is 364 g/mol. The molecule has 2 aromatic carbocycles. The number of rotatable bonds is 6. The van der Waals surface area contributed by atoms with Gasteiger partial charge in [0, 0.05) is 18.7 Å². The molecule has 0 atom stereocenters. The minimum Gasteiger partial charge on any atom is -0.326 e. The van der Waals surface area contributed by atoms with Crippen molar-refractivity contribution in [1.82, 2.24) is 15.0 Å². The molecule has 1 aromatic heterocycles. The zero-order chi connectivity index (χ0) is 19.4. The van der Waals surface area contributed by atoms with Crippen molar-refractivity contribution in [3.63, 3.8) is 0 Å². The zero-order valence-electron chi connectivity index (χ0n) is 15.9. The molecule has 0 radical (unpaired) electrons. The number of nitrogens with zero attached hydrogens (tertiary/aromatic N) is 3. The van der Waals surface area contributed by atoms with Gasteiger partial charge >= 0.3 is 0 Å². The van der Waals surface area contributed by atoms with E-state index in [0.29, 0.717) is 36.2 Å². The van der Waals surface area contributed by atoms with E-state index in [9.17, 15) is 9.59 Å². The van der Waals surface area contributed by atoms with Crippen LogP contribution in [0, 0.1) is 6.92 Å².